The van der Waals surface area contributed by atoms with Gasteiger partial charge in [0, 0.05) is 46.7 Å². The van der Waals surface area contributed by atoms with Crippen LogP contribution in [0.15, 0.2) is 36.4 Å². The number of ether oxygens (including phenoxy) is 2. The number of phenols is 1. The van der Waals surface area contributed by atoms with E-state index in [4.69, 9.17) is 9.47 Å². The Morgan fingerprint density at radius 2 is 2.08 bits per heavy atom. The molecule has 2 fully saturated rings. The Morgan fingerprint density at radius 3 is 2.81 bits per heavy atom. The molecule has 4 aliphatic rings. The van der Waals surface area contributed by atoms with E-state index in [0.29, 0.717) is 35.9 Å². The minimum absolute atomic E-state index is 0.0921. The predicted molar refractivity (Wildman–Crippen MR) is 142 cm³/mol. The highest BCUT2D eigenvalue weighted by atomic mass is 16.5. The standard InChI is InChI=1S/C31H36N2O4/c1-19(2)18-33(27(35)13-10-20-8-6-5-7-9-20)23-12-11-22-24-16-21-25(34)17-26(36-4)29-28(21)31(22,30(23)37-29)14-15-32(24)3/h5-9,17,19,22-24,30,34H,11-12,14-16,18H2,1-4H3/t22-,23+,24+,30-,31-/m0/s1. The normalized spacial score (nSPS) is 29.1. The number of aromatic hydroxyl groups is 1. The SMILES string of the molecule is COc1cc(O)c2c3c1O[C@H]1[C@H](N(CC(C)C)C(=O)C#Cc4ccccc4)CC[C@H]4[C@@H](C2)N(C)CC[C@@]341. The van der Waals surface area contributed by atoms with Gasteiger partial charge in [-0.05, 0) is 63.2 Å². The molecule has 1 spiro atoms. The summed E-state index contributed by atoms with van der Waals surface area (Å²) in [6, 6.07) is 11.6. The van der Waals surface area contributed by atoms with Crippen molar-refractivity contribution in [3.63, 3.8) is 0 Å². The van der Waals surface area contributed by atoms with Gasteiger partial charge in [0.2, 0.25) is 0 Å². The van der Waals surface area contributed by atoms with E-state index < -0.39 is 0 Å². The summed E-state index contributed by atoms with van der Waals surface area (Å²) in [6.45, 7) is 5.88. The molecule has 6 nitrogen and oxygen atoms in total. The number of methoxy groups -OCH3 is 1. The third kappa shape index (κ3) is 3.62. The number of rotatable bonds is 4. The first-order chi connectivity index (χ1) is 17.8. The van der Waals surface area contributed by atoms with E-state index in [-0.39, 0.29) is 23.5 Å². The molecule has 1 N–H and O–H groups in total. The molecule has 0 aromatic heterocycles. The Kier molecular flexibility index (Phi) is 5.88. The van der Waals surface area contributed by atoms with Gasteiger partial charge >= 0.3 is 0 Å². The van der Waals surface area contributed by atoms with Crippen molar-refractivity contribution in [2.45, 2.75) is 63.1 Å². The fourth-order valence-electron chi connectivity index (χ4n) is 7.72. The number of hydrogen-bond donors (Lipinski definition) is 1. The molecule has 1 amide bonds. The zero-order valence-corrected chi connectivity index (χ0v) is 22.2. The summed E-state index contributed by atoms with van der Waals surface area (Å²) in [5.41, 5.74) is 2.73. The van der Waals surface area contributed by atoms with Crippen LogP contribution in [0.2, 0.25) is 0 Å². The Hall–Kier alpha value is -3.17. The van der Waals surface area contributed by atoms with Crippen LogP contribution >= 0.6 is 0 Å². The monoisotopic (exact) mass is 500 g/mol. The number of amides is 1. The van der Waals surface area contributed by atoms with Crippen LogP contribution in [0.25, 0.3) is 0 Å². The second-order valence-corrected chi connectivity index (χ2v) is 11.6. The fourth-order valence-corrected chi connectivity index (χ4v) is 7.72. The average Bonchev–Trinajstić information content (AvgIpc) is 3.24. The van der Waals surface area contributed by atoms with Crippen LogP contribution in [0.4, 0.5) is 0 Å². The molecule has 0 unspecified atom stereocenters. The van der Waals surface area contributed by atoms with E-state index in [1.54, 1.807) is 13.2 Å². The Labute approximate surface area is 219 Å². The van der Waals surface area contributed by atoms with Gasteiger partial charge in [-0.2, -0.15) is 0 Å². The van der Waals surface area contributed by atoms with Crippen molar-refractivity contribution in [2.75, 3.05) is 27.2 Å². The van der Waals surface area contributed by atoms with Crippen molar-refractivity contribution in [2.24, 2.45) is 11.8 Å². The molecule has 2 aromatic carbocycles. The highest BCUT2D eigenvalue weighted by Crippen LogP contribution is 2.65. The first-order valence-corrected chi connectivity index (χ1v) is 13.5. The van der Waals surface area contributed by atoms with Crippen LogP contribution in [0.5, 0.6) is 17.2 Å². The minimum Gasteiger partial charge on any atom is -0.508 e. The van der Waals surface area contributed by atoms with Gasteiger partial charge in [0.15, 0.2) is 11.5 Å². The van der Waals surface area contributed by atoms with Crippen molar-refractivity contribution in [1.82, 2.24) is 9.80 Å². The van der Waals surface area contributed by atoms with E-state index in [1.165, 1.54) is 0 Å². The Balaban J connectivity index is 1.44. The van der Waals surface area contributed by atoms with Crippen molar-refractivity contribution < 1.29 is 19.4 Å². The highest BCUT2D eigenvalue weighted by Gasteiger charge is 2.66. The van der Waals surface area contributed by atoms with Gasteiger partial charge in [0.25, 0.3) is 5.91 Å². The predicted octanol–water partition coefficient (Wildman–Crippen LogP) is 3.97. The van der Waals surface area contributed by atoms with Crippen molar-refractivity contribution >= 4 is 5.91 Å². The van der Waals surface area contributed by atoms with Gasteiger partial charge in [-0.15, -0.1) is 0 Å². The third-order valence-electron chi connectivity index (χ3n) is 9.18. The highest BCUT2D eigenvalue weighted by molar-refractivity contribution is 5.94. The van der Waals surface area contributed by atoms with Gasteiger partial charge in [-0.3, -0.25) is 4.79 Å². The number of carbonyl (C=O) groups excluding carboxylic acids is 1. The van der Waals surface area contributed by atoms with Crippen LogP contribution in [-0.2, 0) is 16.6 Å². The van der Waals surface area contributed by atoms with E-state index in [0.717, 1.165) is 54.7 Å². The maximum Gasteiger partial charge on any atom is 0.299 e. The molecule has 2 bridgehead atoms. The molecule has 37 heavy (non-hydrogen) atoms. The molecule has 1 saturated carbocycles. The van der Waals surface area contributed by atoms with Crippen molar-refractivity contribution in [3.8, 4) is 29.1 Å². The van der Waals surface area contributed by atoms with Gasteiger partial charge in [-0.1, -0.05) is 38.0 Å². The van der Waals surface area contributed by atoms with E-state index in [9.17, 15) is 9.90 Å². The first-order valence-electron chi connectivity index (χ1n) is 13.5. The molecule has 2 heterocycles. The fraction of sp³-hybridized carbons (Fsp3) is 0.516. The molecule has 6 rings (SSSR count). The van der Waals surface area contributed by atoms with Gasteiger partial charge in [0.1, 0.15) is 11.9 Å². The lowest BCUT2D eigenvalue weighted by Crippen LogP contribution is -2.68. The number of likely N-dealkylation sites (tertiary alicyclic amines) is 1. The Morgan fingerprint density at radius 1 is 1.30 bits per heavy atom. The maximum atomic E-state index is 13.7. The number of benzene rings is 2. The lowest BCUT2D eigenvalue weighted by atomic mass is 9.51. The number of hydrogen-bond acceptors (Lipinski definition) is 5. The summed E-state index contributed by atoms with van der Waals surface area (Å²) in [4.78, 5) is 18.1. The maximum absolute atomic E-state index is 13.7. The lowest BCUT2D eigenvalue weighted by molar-refractivity contribution is -0.137. The molecular formula is C31H36N2O4. The quantitative estimate of drug-likeness (QED) is 0.644. The van der Waals surface area contributed by atoms with Gasteiger partial charge < -0.3 is 24.4 Å². The van der Waals surface area contributed by atoms with Crippen LogP contribution in [0.1, 0.15) is 49.8 Å². The summed E-state index contributed by atoms with van der Waals surface area (Å²) in [7, 11) is 3.83. The zero-order chi connectivity index (χ0) is 25.9. The number of carbonyl (C=O) groups is 1. The van der Waals surface area contributed by atoms with Crippen molar-refractivity contribution in [1.29, 1.82) is 0 Å². The summed E-state index contributed by atoms with van der Waals surface area (Å²) in [6.07, 6.45) is 3.47. The topological polar surface area (TPSA) is 62.2 Å². The molecule has 1 saturated heterocycles. The van der Waals surface area contributed by atoms with Gasteiger partial charge in [-0.25, -0.2) is 0 Å². The third-order valence-corrected chi connectivity index (χ3v) is 9.18. The van der Waals surface area contributed by atoms with Crippen LogP contribution < -0.4 is 9.47 Å². The van der Waals surface area contributed by atoms with E-state index in [2.05, 4.69) is 37.6 Å². The van der Waals surface area contributed by atoms with Crippen molar-refractivity contribution in [3.05, 3.63) is 53.1 Å². The van der Waals surface area contributed by atoms with E-state index in [1.807, 2.05) is 35.2 Å². The summed E-state index contributed by atoms with van der Waals surface area (Å²) in [5, 5.41) is 11.1. The molecule has 0 radical (unpaired) electrons. The molecule has 5 atom stereocenters. The summed E-state index contributed by atoms with van der Waals surface area (Å²) >= 11 is 0. The first kappa shape index (κ1) is 24.2. The molecule has 2 aromatic rings. The van der Waals surface area contributed by atoms with Crippen LogP contribution in [0, 0.1) is 23.7 Å². The second-order valence-electron chi connectivity index (χ2n) is 11.6. The van der Waals surface area contributed by atoms with Crippen LogP contribution in [-0.4, -0.2) is 66.2 Å². The second kappa shape index (κ2) is 8.99. The molecular weight excluding hydrogens is 464 g/mol. The lowest BCUT2D eigenvalue weighted by Gasteiger charge is -2.60. The van der Waals surface area contributed by atoms with Gasteiger partial charge in [0.05, 0.1) is 13.2 Å². The number of likely N-dealkylation sites (N-methyl/N-ethyl adjacent to an activating group) is 1. The number of nitrogens with zero attached hydrogens (tertiary/aromatic N) is 2. The largest absolute Gasteiger partial charge is 0.508 e. The van der Waals surface area contributed by atoms with Crippen LogP contribution in [0.3, 0.4) is 0 Å². The molecule has 194 valence electrons. The van der Waals surface area contributed by atoms with E-state index >= 15 is 0 Å². The minimum atomic E-state index is -0.239. The number of piperidine rings is 1. The molecule has 2 aliphatic heterocycles. The Bertz CT molecular complexity index is 1280. The molecule has 2 aliphatic carbocycles. The average molecular weight is 501 g/mol. The zero-order valence-electron chi connectivity index (χ0n) is 22.2. The molecule has 6 heteroatoms. The summed E-state index contributed by atoms with van der Waals surface area (Å²) < 4.78 is 12.6. The summed E-state index contributed by atoms with van der Waals surface area (Å²) in [5.74, 6) is 8.23. The number of phenolic OH excluding ortho intramolecular Hbond substituents is 1. The smallest absolute Gasteiger partial charge is 0.299 e.